The molecule has 1 heterocycles. The number of nitrogens with zero attached hydrogens (tertiary/aromatic N) is 3. The van der Waals surface area contributed by atoms with Gasteiger partial charge in [-0.05, 0) is 30.7 Å². The van der Waals surface area contributed by atoms with Gasteiger partial charge in [-0.25, -0.2) is 4.79 Å². The first-order chi connectivity index (χ1) is 13.0. The van der Waals surface area contributed by atoms with Crippen molar-refractivity contribution >= 4 is 17.7 Å². The molecule has 0 aliphatic carbocycles. The molecule has 3 rings (SSSR count). The predicted molar refractivity (Wildman–Crippen MR) is 96.4 cm³/mol. The Bertz CT molecular complexity index is 965. The van der Waals surface area contributed by atoms with Crippen LogP contribution in [0.1, 0.15) is 24.5 Å². The van der Waals surface area contributed by atoms with E-state index in [1.165, 1.54) is 30.3 Å². The molecule has 136 valence electrons. The second-order valence-electron chi connectivity index (χ2n) is 5.57. The van der Waals surface area contributed by atoms with Crippen LogP contribution in [0.25, 0.3) is 17.5 Å². The fraction of sp³-hybridized carbons (Fsp3) is 0.105. The molecular weight excluding hydrogens is 350 g/mol. The minimum absolute atomic E-state index is 0.0361. The first-order valence-corrected chi connectivity index (χ1v) is 8.05. The molecule has 1 aromatic heterocycles. The molecule has 2 aromatic carbocycles. The summed E-state index contributed by atoms with van der Waals surface area (Å²) in [4.78, 5) is 22.1. The van der Waals surface area contributed by atoms with E-state index in [0.717, 1.165) is 5.56 Å². The lowest BCUT2D eigenvalue weighted by molar-refractivity contribution is -0.384. The Balaban J connectivity index is 1.64. The van der Waals surface area contributed by atoms with Gasteiger partial charge in [0.25, 0.3) is 11.6 Å². The van der Waals surface area contributed by atoms with E-state index in [9.17, 15) is 14.9 Å². The fourth-order valence-corrected chi connectivity index (χ4v) is 2.23. The molecule has 0 radical (unpaired) electrons. The highest BCUT2D eigenvalue weighted by Crippen LogP contribution is 2.24. The van der Waals surface area contributed by atoms with E-state index in [1.54, 1.807) is 13.0 Å². The topological polar surface area (TPSA) is 108 Å². The van der Waals surface area contributed by atoms with E-state index >= 15 is 0 Å². The number of nitro benzene ring substituents is 1. The van der Waals surface area contributed by atoms with Crippen molar-refractivity contribution in [2.45, 2.75) is 13.0 Å². The molecule has 8 heteroatoms. The minimum atomic E-state index is -0.739. The third-order valence-electron chi connectivity index (χ3n) is 3.62. The average molecular weight is 365 g/mol. The van der Waals surface area contributed by atoms with Crippen LogP contribution in [-0.2, 0) is 9.53 Å². The maximum atomic E-state index is 11.9. The Kier molecular flexibility index (Phi) is 5.36. The number of carbonyl (C=O) groups excluding carboxylic acids is 1. The molecule has 0 spiro atoms. The standard InChI is InChI=1S/C19H15N3O5/c1-13(26-17(23)12-7-14-5-3-2-4-6-14)18-20-21-19(27-18)15-8-10-16(11-9-15)22(24)25/h2-13H,1H3/b12-7+. The Morgan fingerprint density at radius 2 is 1.85 bits per heavy atom. The van der Waals surface area contributed by atoms with E-state index in [0.29, 0.717) is 5.56 Å². The van der Waals surface area contributed by atoms with E-state index in [2.05, 4.69) is 10.2 Å². The zero-order valence-electron chi connectivity index (χ0n) is 14.3. The van der Waals surface area contributed by atoms with Crippen molar-refractivity contribution in [3.05, 3.63) is 82.2 Å². The highest BCUT2D eigenvalue weighted by molar-refractivity contribution is 5.87. The SMILES string of the molecule is CC(OC(=O)/C=C/c1ccccc1)c1nnc(-c2ccc([N+](=O)[O-])cc2)o1. The van der Waals surface area contributed by atoms with Gasteiger partial charge in [0.05, 0.1) is 4.92 Å². The quantitative estimate of drug-likeness (QED) is 0.281. The van der Waals surface area contributed by atoms with E-state index in [4.69, 9.17) is 9.15 Å². The number of ether oxygens (including phenoxy) is 1. The van der Waals surface area contributed by atoms with Crippen LogP contribution in [0.3, 0.4) is 0 Å². The lowest BCUT2D eigenvalue weighted by Gasteiger charge is -2.06. The number of esters is 1. The molecule has 0 amide bonds. The molecule has 0 saturated carbocycles. The second kappa shape index (κ2) is 8.05. The molecule has 0 aliphatic heterocycles. The van der Waals surface area contributed by atoms with Crippen LogP contribution in [0.15, 0.2) is 65.1 Å². The molecule has 1 unspecified atom stereocenters. The number of non-ortho nitro benzene ring substituents is 1. The number of rotatable bonds is 6. The van der Waals surface area contributed by atoms with Crippen molar-refractivity contribution in [1.82, 2.24) is 10.2 Å². The van der Waals surface area contributed by atoms with Crippen LogP contribution < -0.4 is 0 Å². The van der Waals surface area contributed by atoms with Crippen molar-refractivity contribution < 1.29 is 18.9 Å². The molecule has 3 aromatic rings. The number of carbonyl (C=O) groups is 1. The Hall–Kier alpha value is -3.81. The van der Waals surface area contributed by atoms with E-state index in [-0.39, 0.29) is 17.5 Å². The third-order valence-corrected chi connectivity index (χ3v) is 3.62. The summed E-state index contributed by atoms with van der Waals surface area (Å²) in [5, 5.41) is 18.4. The molecule has 8 nitrogen and oxygen atoms in total. The summed E-state index contributed by atoms with van der Waals surface area (Å²) in [5.74, 6) is -0.228. The minimum Gasteiger partial charge on any atom is -0.449 e. The predicted octanol–water partition coefficient (Wildman–Crippen LogP) is 3.96. The van der Waals surface area contributed by atoms with Gasteiger partial charge in [-0.3, -0.25) is 10.1 Å². The molecule has 0 bridgehead atoms. The maximum absolute atomic E-state index is 11.9. The van der Waals surface area contributed by atoms with Gasteiger partial charge in [-0.2, -0.15) is 0 Å². The summed E-state index contributed by atoms with van der Waals surface area (Å²) in [6, 6.07) is 15.0. The largest absolute Gasteiger partial charge is 0.449 e. The normalized spacial score (nSPS) is 12.0. The van der Waals surface area contributed by atoms with Gasteiger partial charge in [0.2, 0.25) is 5.89 Å². The first-order valence-electron chi connectivity index (χ1n) is 8.05. The Labute approximate surface area is 154 Å². The van der Waals surface area contributed by atoms with Crippen LogP contribution in [0.5, 0.6) is 0 Å². The fourth-order valence-electron chi connectivity index (χ4n) is 2.23. The van der Waals surface area contributed by atoms with Crippen LogP contribution in [0, 0.1) is 10.1 Å². The van der Waals surface area contributed by atoms with Gasteiger partial charge in [0.15, 0.2) is 6.10 Å². The molecule has 27 heavy (non-hydrogen) atoms. The van der Waals surface area contributed by atoms with Crippen molar-refractivity contribution in [3.63, 3.8) is 0 Å². The number of benzene rings is 2. The number of hydrogen-bond donors (Lipinski definition) is 0. The van der Waals surface area contributed by atoms with Crippen LogP contribution >= 0.6 is 0 Å². The monoisotopic (exact) mass is 365 g/mol. The summed E-state index contributed by atoms with van der Waals surface area (Å²) in [6.07, 6.45) is 2.22. The highest BCUT2D eigenvalue weighted by Gasteiger charge is 2.18. The highest BCUT2D eigenvalue weighted by atomic mass is 16.6. The van der Waals surface area contributed by atoms with Gasteiger partial charge in [0.1, 0.15) is 0 Å². The summed E-state index contributed by atoms with van der Waals surface area (Å²) < 4.78 is 10.7. The number of aromatic nitrogens is 2. The molecule has 0 N–H and O–H groups in total. The number of hydrogen-bond acceptors (Lipinski definition) is 7. The van der Waals surface area contributed by atoms with Crippen LogP contribution in [-0.4, -0.2) is 21.1 Å². The van der Waals surface area contributed by atoms with Gasteiger partial charge in [-0.1, -0.05) is 30.3 Å². The van der Waals surface area contributed by atoms with Crippen LogP contribution in [0.2, 0.25) is 0 Å². The third kappa shape index (κ3) is 4.63. The Morgan fingerprint density at radius 1 is 1.15 bits per heavy atom. The van der Waals surface area contributed by atoms with Gasteiger partial charge < -0.3 is 9.15 Å². The average Bonchev–Trinajstić information content (AvgIpc) is 3.18. The lowest BCUT2D eigenvalue weighted by Crippen LogP contribution is -2.06. The zero-order chi connectivity index (χ0) is 19.2. The van der Waals surface area contributed by atoms with Crippen molar-refractivity contribution in [2.75, 3.05) is 0 Å². The molecule has 0 aliphatic rings. The first kappa shape index (κ1) is 18.0. The van der Waals surface area contributed by atoms with Gasteiger partial charge >= 0.3 is 5.97 Å². The van der Waals surface area contributed by atoms with E-state index < -0.39 is 17.0 Å². The number of nitro groups is 1. The van der Waals surface area contributed by atoms with Gasteiger partial charge in [0, 0.05) is 23.8 Å². The van der Waals surface area contributed by atoms with Crippen molar-refractivity contribution in [2.24, 2.45) is 0 Å². The summed E-state index contributed by atoms with van der Waals surface area (Å²) in [6.45, 7) is 1.61. The second-order valence-corrected chi connectivity index (χ2v) is 5.57. The van der Waals surface area contributed by atoms with E-state index in [1.807, 2.05) is 30.3 Å². The molecule has 1 atom stereocenters. The van der Waals surface area contributed by atoms with Gasteiger partial charge in [-0.15, -0.1) is 10.2 Å². The summed E-state index contributed by atoms with van der Waals surface area (Å²) in [7, 11) is 0. The molecule has 0 fully saturated rings. The van der Waals surface area contributed by atoms with Crippen molar-refractivity contribution in [1.29, 1.82) is 0 Å². The smallest absolute Gasteiger partial charge is 0.331 e. The summed E-state index contributed by atoms with van der Waals surface area (Å²) in [5.41, 5.74) is 1.37. The zero-order valence-corrected chi connectivity index (χ0v) is 14.3. The van der Waals surface area contributed by atoms with Crippen molar-refractivity contribution in [3.8, 4) is 11.5 Å². The summed E-state index contributed by atoms with van der Waals surface area (Å²) >= 11 is 0. The Morgan fingerprint density at radius 3 is 2.52 bits per heavy atom. The molecule has 0 saturated heterocycles. The molecular formula is C19H15N3O5. The lowest BCUT2D eigenvalue weighted by atomic mass is 10.2. The van der Waals surface area contributed by atoms with Crippen LogP contribution in [0.4, 0.5) is 5.69 Å². The maximum Gasteiger partial charge on any atom is 0.331 e.